The standard InChI is InChI=1S/C20H27N5S/c1-3-12-25-19(18-10-7-9-17(2)16-18)22-23-20(25)26-15-6-4-5-13-24-14-8-11-21-24/h7-11,14,16H,3-6,12-13,15H2,1-2H3. The largest absolute Gasteiger partial charge is 0.302 e. The molecule has 0 aliphatic heterocycles. The zero-order chi connectivity index (χ0) is 18.2. The normalized spacial score (nSPS) is 11.2. The second kappa shape index (κ2) is 9.57. The van der Waals surface area contributed by atoms with Gasteiger partial charge in [-0.3, -0.25) is 4.68 Å². The van der Waals surface area contributed by atoms with Gasteiger partial charge in [0.15, 0.2) is 11.0 Å². The number of aromatic nitrogens is 5. The van der Waals surface area contributed by atoms with Gasteiger partial charge in [0.1, 0.15) is 0 Å². The van der Waals surface area contributed by atoms with E-state index in [1.54, 1.807) is 0 Å². The average molecular weight is 370 g/mol. The van der Waals surface area contributed by atoms with Gasteiger partial charge in [0.25, 0.3) is 0 Å². The van der Waals surface area contributed by atoms with E-state index in [-0.39, 0.29) is 0 Å². The van der Waals surface area contributed by atoms with E-state index in [4.69, 9.17) is 0 Å². The van der Waals surface area contributed by atoms with Crippen molar-refractivity contribution < 1.29 is 0 Å². The van der Waals surface area contributed by atoms with E-state index in [1.165, 1.54) is 24.8 Å². The summed E-state index contributed by atoms with van der Waals surface area (Å²) in [5.41, 5.74) is 2.40. The third kappa shape index (κ3) is 4.97. The molecule has 0 atom stereocenters. The van der Waals surface area contributed by atoms with Crippen molar-refractivity contribution in [3.8, 4) is 11.4 Å². The van der Waals surface area contributed by atoms with E-state index in [2.05, 4.69) is 58.0 Å². The Hall–Kier alpha value is -2.08. The summed E-state index contributed by atoms with van der Waals surface area (Å²) in [5, 5.41) is 14.2. The fraction of sp³-hybridized carbons (Fsp3) is 0.450. The van der Waals surface area contributed by atoms with Crippen LogP contribution in [-0.2, 0) is 13.1 Å². The summed E-state index contributed by atoms with van der Waals surface area (Å²) in [4.78, 5) is 0. The lowest BCUT2D eigenvalue weighted by atomic mass is 10.1. The molecular weight excluding hydrogens is 342 g/mol. The molecule has 0 unspecified atom stereocenters. The zero-order valence-corrected chi connectivity index (χ0v) is 16.5. The zero-order valence-electron chi connectivity index (χ0n) is 15.6. The summed E-state index contributed by atoms with van der Waals surface area (Å²) in [5.74, 6) is 2.06. The van der Waals surface area contributed by atoms with Crippen molar-refractivity contribution in [2.75, 3.05) is 5.75 Å². The van der Waals surface area contributed by atoms with E-state index in [0.29, 0.717) is 0 Å². The van der Waals surface area contributed by atoms with Crippen LogP contribution in [0.3, 0.4) is 0 Å². The van der Waals surface area contributed by atoms with E-state index in [0.717, 1.165) is 41.8 Å². The number of thioether (sulfide) groups is 1. The molecule has 0 aliphatic rings. The average Bonchev–Trinajstić information content (AvgIpc) is 3.29. The predicted molar refractivity (Wildman–Crippen MR) is 107 cm³/mol. The molecule has 0 N–H and O–H groups in total. The highest BCUT2D eigenvalue weighted by atomic mass is 32.2. The molecule has 6 heteroatoms. The first-order valence-electron chi connectivity index (χ1n) is 9.38. The van der Waals surface area contributed by atoms with E-state index in [9.17, 15) is 0 Å². The molecule has 138 valence electrons. The third-order valence-electron chi connectivity index (χ3n) is 4.26. The lowest BCUT2D eigenvalue weighted by Crippen LogP contribution is -2.02. The van der Waals surface area contributed by atoms with E-state index < -0.39 is 0 Å². The maximum Gasteiger partial charge on any atom is 0.191 e. The van der Waals surface area contributed by atoms with Gasteiger partial charge in [-0.2, -0.15) is 5.10 Å². The van der Waals surface area contributed by atoms with Gasteiger partial charge in [-0.25, -0.2) is 0 Å². The molecule has 0 fully saturated rings. The van der Waals surface area contributed by atoms with Crippen molar-refractivity contribution in [1.82, 2.24) is 24.5 Å². The molecule has 0 bridgehead atoms. The van der Waals surface area contributed by atoms with Gasteiger partial charge < -0.3 is 4.57 Å². The highest BCUT2D eigenvalue weighted by Crippen LogP contribution is 2.25. The van der Waals surface area contributed by atoms with Crippen molar-refractivity contribution in [2.24, 2.45) is 0 Å². The molecule has 3 rings (SSSR count). The van der Waals surface area contributed by atoms with E-state index in [1.807, 2.05) is 34.9 Å². The summed E-state index contributed by atoms with van der Waals surface area (Å²) in [6.07, 6.45) is 8.49. The van der Waals surface area contributed by atoms with Crippen LogP contribution >= 0.6 is 11.8 Å². The number of hydrogen-bond acceptors (Lipinski definition) is 4. The molecule has 2 heterocycles. The topological polar surface area (TPSA) is 48.5 Å². The summed E-state index contributed by atoms with van der Waals surface area (Å²) in [6, 6.07) is 10.5. The Morgan fingerprint density at radius 1 is 1.04 bits per heavy atom. The molecule has 0 aliphatic carbocycles. The van der Waals surface area contributed by atoms with Gasteiger partial charge in [-0.1, -0.05) is 48.9 Å². The minimum absolute atomic E-state index is 0.956. The molecule has 0 amide bonds. The van der Waals surface area contributed by atoms with Gasteiger partial charge >= 0.3 is 0 Å². The van der Waals surface area contributed by atoms with Crippen LogP contribution in [0.25, 0.3) is 11.4 Å². The Balaban J connectivity index is 1.54. The maximum atomic E-state index is 4.48. The Labute approximate surface area is 159 Å². The summed E-state index contributed by atoms with van der Waals surface area (Å²) >= 11 is 1.82. The van der Waals surface area contributed by atoms with Crippen LogP contribution in [0.4, 0.5) is 0 Å². The Bertz CT molecular complexity index is 794. The van der Waals surface area contributed by atoms with Crippen molar-refractivity contribution in [3.05, 3.63) is 48.3 Å². The van der Waals surface area contributed by atoms with Gasteiger partial charge in [0.2, 0.25) is 0 Å². The van der Waals surface area contributed by atoms with Crippen LogP contribution in [0.2, 0.25) is 0 Å². The van der Waals surface area contributed by atoms with Gasteiger partial charge in [0.05, 0.1) is 0 Å². The number of aryl methyl sites for hydroxylation is 2. The van der Waals surface area contributed by atoms with E-state index >= 15 is 0 Å². The summed E-state index contributed by atoms with van der Waals surface area (Å²) < 4.78 is 4.27. The van der Waals surface area contributed by atoms with Crippen LogP contribution in [0.1, 0.15) is 38.2 Å². The molecule has 0 saturated heterocycles. The SMILES string of the molecule is CCCn1c(SCCCCCn2cccn2)nnc1-c1cccc(C)c1. The van der Waals surface area contributed by atoms with Crippen molar-refractivity contribution in [3.63, 3.8) is 0 Å². The maximum absolute atomic E-state index is 4.48. The van der Waals surface area contributed by atoms with Crippen LogP contribution in [0, 0.1) is 6.92 Å². The van der Waals surface area contributed by atoms with Crippen LogP contribution in [0.15, 0.2) is 47.9 Å². The molecular formula is C20H27N5S. The summed E-state index contributed by atoms with van der Waals surface area (Å²) in [7, 11) is 0. The number of unbranched alkanes of at least 4 members (excludes halogenated alkanes) is 2. The molecule has 0 radical (unpaired) electrons. The van der Waals surface area contributed by atoms with Crippen LogP contribution < -0.4 is 0 Å². The quantitative estimate of drug-likeness (QED) is 0.380. The van der Waals surface area contributed by atoms with Gasteiger partial charge in [0, 0.05) is 36.8 Å². The first-order chi connectivity index (χ1) is 12.8. The first kappa shape index (κ1) is 18.7. The van der Waals surface area contributed by atoms with Crippen molar-refractivity contribution >= 4 is 11.8 Å². The smallest absolute Gasteiger partial charge is 0.191 e. The van der Waals surface area contributed by atoms with Crippen molar-refractivity contribution in [2.45, 2.75) is 57.8 Å². The molecule has 2 aromatic heterocycles. The first-order valence-corrected chi connectivity index (χ1v) is 10.4. The molecule has 26 heavy (non-hydrogen) atoms. The van der Waals surface area contributed by atoms with Crippen LogP contribution in [-0.4, -0.2) is 30.3 Å². The lowest BCUT2D eigenvalue weighted by Gasteiger charge is -2.09. The third-order valence-corrected chi connectivity index (χ3v) is 5.32. The molecule has 1 aromatic carbocycles. The fourth-order valence-electron chi connectivity index (χ4n) is 2.97. The minimum Gasteiger partial charge on any atom is -0.302 e. The second-order valence-electron chi connectivity index (χ2n) is 6.51. The highest BCUT2D eigenvalue weighted by molar-refractivity contribution is 7.99. The molecule has 5 nitrogen and oxygen atoms in total. The Kier molecular flexibility index (Phi) is 6.89. The predicted octanol–water partition coefficient (Wildman–Crippen LogP) is 4.82. The molecule has 3 aromatic rings. The van der Waals surface area contributed by atoms with Gasteiger partial charge in [-0.15, -0.1) is 10.2 Å². The van der Waals surface area contributed by atoms with Crippen LogP contribution in [0.5, 0.6) is 0 Å². The fourth-order valence-corrected chi connectivity index (χ4v) is 3.93. The summed E-state index contributed by atoms with van der Waals surface area (Å²) in [6.45, 7) is 6.27. The highest BCUT2D eigenvalue weighted by Gasteiger charge is 2.13. The number of hydrogen-bond donors (Lipinski definition) is 0. The van der Waals surface area contributed by atoms with Crippen molar-refractivity contribution in [1.29, 1.82) is 0 Å². The number of rotatable bonds is 10. The number of benzene rings is 1. The Morgan fingerprint density at radius 3 is 2.73 bits per heavy atom. The minimum atomic E-state index is 0.956. The monoisotopic (exact) mass is 369 g/mol. The lowest BCUT2D eigenvalue weighted by molar-refractivity contribution is 0.554. The number of nitrogens with zero attached hydrogens (tertiary/aromatic N) is 5. The molecule has 0 spiro atoms. The molecule has 0 saturated carbocycles. The Morgan fingerprint density at radius 2 is 1.96 bits per heavy atom. The second-order valence-corrected chi connectivity index (χ2v) is 7.57. The van der Waals surface area contributed by atoms with Gasteiger partial charge in [-0.05, 0) is 38.3 Å².